The van der Waals surface area contributed by atoms with Crippen LogP contribution in [0.1, 0.15) is 12.5 Å². The van der Waals surface area contributed by atoms with Gasteiger partial charge in [0.2, 0.25) is 10.0 Å². The molecular weight excluding hydrogens is 314 g/mol. The summed E-state index contributed by atoms with van der Waals surface area (Å²) < 4.78 is 48.9. The minimum atomic E-state index is -3.78. The van der Waals surface area contributed by atoms with Gasteiger partial charge in [0.15, 0.2) is 9.84 Å². The lowest BCUT2D eigenvalue weighted by Gasteiger charge is -2.07. The zero-order valence-corrected chi connectivity index (χ0v) is 13.2. The number of nitrogens with one attached hydrogen (secondary N) is 1. The van der Waals surface area contributed by atoms with E-state index in [1.54, 1.807) is 6.07 Å². The molecule has 0 aromatic heterocycles. The second-order valence-electron chi connectivity index (χ2n) is 4.12. The highest BCUT2D eigenvalue weighted by Gasteiger charge is 2.15. The molecule has 0 aliphatic heterocycles. The lowest BCUT2D eigenvalue weighted by Crippen LogP contribution is -2.29. The fourth-order valence-electron chi connectivity index (χ4n) is 1.44. The molecule has 8 heteroatoms. The molecule has 116 valence electrons. The first-order chi connectivity index (χ1) is 9.80. The molecule has 0 unspecified atom stereocenters. The second-order valence-corrected chi connectivity index (χ2v) is 8.36. The van der Waals surface area contributed by atoms with Gasteiger partial charge in [-0.3, -0.25) is 0 Å². The zero-order valence-electron chi connectivity index (χ0n) is 11.5. The molecule has 2 N–H and O–H groups in total. The van der Waals surface area contributed by atoms with Crippen LogP contribution in [0.3, 0.4) is 0 Å². The van der Waals surface area contributed by atoms with Crippen LogP contribution in [0.25, 0.3) is 0 Å². The van der Waals surface area contributed by atoms with E-state index in [9.17, 15) is 16.8 Å². The first-order valence-electron chi connectivity index (χ1n) is 6.20. The Hall–Kier alpha value is -1.40. The molecule has 0 heterocycles. The summed E-state index contributed by atoms with van der Waals surface area (Å²) in [6.07, 6.45) is 0. The highest BCUT2D eigenvalue weighted by Crippen LogP contribution is 2.10. The SMILES string of the molecule is CCS(=O)(=O)CCNS(=O)(=O)c1cccc(C#CCO)c1. The van der Waals surface area contributed by atoms with Crippen LogP contribution in [0.4, 0.5) is 0 Å². The molecule has 0 aliphatic carbocycles. The number of hydrogen-bond donors (Lipinski definition) is 2. The molecule has 21 heavy (non-hydrogen) atoms. The van der Waals surface area contributed by atoms with Gasteiger partial charge in [0.05, 0.1) is 10.6 Å². The molecule has 0 amide bonds. The standard InChI is InChI=1S/C13H17NO5S2/c1-2-20(16,17)10-8-14-21(18,19)13-7-3-5-12(11-13)6-4-9-15/h3,5,7,11,14-15H,2,8-10H2,1H3. The average Bonchev–Trinajstić information content (AvgIpc) is 2.45. The Morgan fingerprint density at radius 2 is 1.95 bits per heavy atom. The van der Waals surface area contributed by atoms with Gasteiger partial charge in [-0.2, -0.15) is 0 Å². The van der Waals surface area contributed by atoms with E-state index >= 15 is 0 Å². The molecule has 0 aliphatic rings. The number of aliphatic hydroxyl groups excluding tert-OH is 1. The molecule has 1 aromatic rings. The summed E-state index contributed by atoms with van der Waals surface area (Å²) in [5.41, 5.74) is 0.452. The summed E-state index contributed by atoms with van der Waals surface area (Å²) in [7, 11) is -7.00. The van der Waals surface area contributed by atoms with Crippen molar-refractivity contribution in [2.75, 3.05) is 24.7 Å². The van der Waals surface area contributed by atoms with Crippen LogP contribution in [0, 0.1) is 11.8 Å². The minimum Gasteiger partial charge on any atom is -0.384 e. The van der Waals surface area contributed by atoms with Crippen molar-refractivity contribution in [3.63, 3.8) is 0 Å². The average molecular weight is 331 g/mol. The van der Waals surface area contributed by atoms with Gasteiger partial charge in [-0.25, -0.2) is 21.6 Å². The summed E-state index contributed by atoms with van der Waals surface area (Å²) in [6.45, 7) is 1.02. The van der Waals surface area contributed by atoms with Gasteiger partial charge in [-0.15, -0.1) is 0 Å². The maximum Gasteiger partial charge on any atom is 0.240 e. The van der Waals surface area contributed by atoms with Crippen molar-refractivity contribution in [1.82, 2.24) is 4.72 Å². The summed E-state index contributed by atoms with van der Waals surface area (Å²) in [5.74, 6) is 4.76. The van der Waals surface area contributed by atoms with Crippen molar-refractivity contribution in [1.29, 1.82) is 0 Å². The Bertz CT molecular complexity index is 742. The van der Waals surface area contributed by atoms with E-state index in [4.69, 9.17) is 5.11 Å². The van der Waals surface area contributed by atoms with Crippen molar-refractivity contribution < 1.29 is 21.9 Å². The van der Waals surface area contributed by atoms with Gasteiger partial charge >= 0.3 is 0 Å². The van der Waals surface area contributed by atoms with E-state index in [1.165, 1.54) is 25.1 Å². The predicted molar refractivity (Wildman–Crippen MR) is 79.9 cm³/mol. The molecule has 0 atom stereocenters. The molecule has 6 nitrogen and oxygen atoms in total. The first kappa shape index (κ1) is 17.7. The van der Waals surface area contributed by atoms with Gasteiger partial charge < -0.3 is 5.11 Å². The Kier molecular flexibility index (Phi) is 6.36. The lowest BCUT2D eigenvalue weighted by atomic mass is 10.2. The number of sulfonamides is 1. The van der Waals surface area contributed by atoms with E-state index < -0.39 is 19.9 Å². The Labute approximate surface area is 125 Å². The molecule has 0 saturated carbocycles. The molecule has 0 bridgehead atoms. The maximum atomic E-state index is 12.0. The van der Waals surface area contributed by atoms with Crippen LogP contribution in [0.5, 0.6) is 0 Å². The molecule has 1 aromatic carbocycles. The van der Waals surface area contributed by atoms with Crippen LogP contribution in [0.2, 0.25) is 0 Å². The number of benzene rings is 1. The smallest absolute Gasteiger partial charge is 0.240 e. The topological polar surface area (TPSA) is 101 Å². The minimum absolute atomic E-state index is 0.00105. The first-order valence-corrected chi connectivity index (χ1v) is 9.51. The predicted octanol–water partition coefficient (Wildman–Crippen LogP) is -0.257. The van der Waals surface area contributed by atoms with Crippen LogP contribution in [-0.2, 0) is 19.9 Å². The van der Waals surface area contributed by atoms with E-state index in [0.29, 0.717) is 5.56 Å². The number of aliphatic hydroxyl groups is 1. The van der Waals surface area contributed by atoms with Gasteiger partial charge in [-0.1, -0.05) is 24.8 Å². The van der Waals surface area contributed by atoms with Crippen LogP contribution < -0.4 is 4.72 Å². The number of rotatable bonds is 6. The van der Waals surface area contributed by atoms with Gasteiger partial charge in [0.25, 0.3) is 0 Å². The zero-order chi connectivity index (χ0) is 15.9. The van der Waals surface area contributed by atoms with E-state index in [-0.39, 0.29) is 29.6 Å². The molecule has 1 rings (SSSR count). The highest BCUT2D eigenvalue weighted by molar-refractivity contribution is 7.91. The van der Waals surface area contributed by atoms with Crippen LogP contribution in [0.15, 0.2) is 29.2 Å². The third-order valence-corrected chi connectivity index (χ3v) is 5.77. The summed E-state index contributed by atoms with van der Waals surface area (Å²) >= 11 is 0. The highest BCUT2D eigenvalue weighted by atomic mass is 32.2. The maximum absolute atomic E-state index is 12.0. The van der Waals surface area contributed by atoms with Gasteiger partial charge in [-0.05, 0) is 18.2 Å². The fourth-order valence-corrected chi connectivity index (χ4v) is 3.35. The number of hydrogen-bond acceptors (Lipinski definition) is 5. The molecular formula is C13H17NO5S2. The number of sulfone groups is 1. The molecule has 0 radical (unpaired) electrons. The Balaban J connectivity index is 2.84. The van der Waals surface area contributed by atoms with Crippen molar-refractivity contribution in [2.45, 2.75) is 11.8 Å². The van der Waals surface area contributed by atoms with Gasteiger partial charge in [0.1, 0.15) is 6.61 Å². The lowest BCUT2D eigenvalue weighted by molar-refractivity contribution is 0.350. The third-order valence-electron chi connectivity index (χ3n) is 2.60. The molecule has 0 fully saturated rings. The summed E-state index contributed by atoms with van der Waals surface area (Å²) in [4.78, 5) is 0.00105. The van der Waals surface area contributed by atoms with Crippen molar-refractivity contribution in [3.8, 4) is 11.8 Å². The summed E-state index contributed by atoms with van der Waals surface area (Å²) in [6, 6.07) is 5.89. The van der Waals surface area contributed by atoms with Crippen LogP contribution in [-0.4, -0.2) is 46.6 Å². The third kappa shape index (κ3) is 5.85. The van der Waals surface area contributed by atoms with E-state index in [1.807, 2.05) is 0 Å². The van der Waals surface area contributed by atoms with Gasteiger partial charge in [0, 0.05) is 17.9 Å². The Morgan fingerprint density at radius 3 is 2.57 bits per heavy atom. The van der Waals surface area contributed by atoms with Crippen molar-refractivity contribution >= 4 is 19.9 Å². The molecule has 0 saturated heterocycles. The fraction of sp³-hybridized carbons (Fsp3) is 0.385. The van der Waals surface area contributed by atoms with Crippen molar-refractivity contribution in [2.24, 2.45) is 0 Å². The quantitative estimate of drug-likeness (QED) is 0.700. The summed E-state index contributed by atoms with van der Waals surface area (Å²) in [5, 5.41) is 8.61. The molecule has 0 spiro atoms. The monoisotopic (exact) mass is 331 g/mol. The largest absolute Gasteiger partial charge is 0.384 e. The van der Waals surface area contributed by atoms with E-state index in [2.05, 4.69) is 16.6 Å². The van der Waals surface area contributed by atoms with E-state index in [0.717, 1.165) is 0 Å². The normalized spacial score (nSPS) is 11.7. The second kappa shape index (κ2) is 7.56. The van der Waals surface area contributed by atoms with Crippen molar-refractivity contribution in [3.05, 3.63) is 29.8 Å². The van der Waals surface area contributed by atoms with Crippen LogP contribution >= 0.6 is 0 Å². The Morgan fingerprint density at radius 1 is 1.24 bits per heavy atom.